The summed E-state index contributed by atoms with van der Waals surface area (Å²) in [6, 6.07) is 9.79. The van der Waals surface area contributed by atoms with Gasteiger partial charge in [0, 0.05) is 20.3 Å². The van der Waals surface area contributed by atoms with Crippen molar-refractivity contribution in [1.29, 1.82) is 0 Å². The third-order valence-corrected chi connectivity index (χ3v) is 4.08. The van der Waals surface area contributed by atoms with Gasteiger partial charge in [0.1, 0.15) is 4.32 Å². The smallest absolute Gasteiger partial charge is 0.266 e. The normalized spacial score (nSPS) is 17.5. The molecule has 0 saturated carbocycles. The standard InChI is InChI=1S/C14H15NO2S2/c1-17-9-5-8-15-13(16)12(19-14(15)18)10-11-6-3-2-4-7-11/h2-4,6-7,10H,5,8-9H2,1H3. The van der Waals surface area contributed by atoms with E-state index in [9.17, 15) is 4.79 Å². The van der Waals surface area contributed by atoms with Gasteiger partial charge in [-0.15, -0.1) is 0 Å². The molecule has 3 nitrogen and oxygen atoms in total. The van der Waals surface area contributed by atoms with E-state index in [2.05, 4.69) is 0 Å². The van der Waals surface area contributed by atoms with Crippen LogP contribution in [0.1, 0.15) is 12.0 Å². The minimum Gasteiger partial charge on any atom is -0.385 e. The molecule has 1 aromatic carbocycles. The third kappa shape index (κ3) is 3.65. The quantitative estimate of drug-likeness (QED) is 0.474. The van der Waals surface area contributed by atoms with E-state index in [1.165, 1.54) is 11.8 Å². The monoisotopic (exact) mass is 293 g/mol. The zero-order valence-electron chi connectivity index (χ0n) is 10.7. The molecule has 0 N–H and O–H groups in total. The maximum atomic E-state index is 12.2. The molecule has 1 amide bonds. The highest BCUT2D eigenvalue weighted by Gasteiger charge is 2.31. The van der Waals surface area contributed by atoms with Gasteiger partial charge in [0.05, 0.1) is 4.91 Å². The molecule has 1 aliphatic rings. The van der Waals surface area contributed by atoms with Crippen molar-refractivity contribution in [3.8, 4) is 0 Å². The van der Waals surface area contributed by atoms with Crippen LogP contribution in [0.3, 0.4) is 0 Å². The summed E-state index contributed by atoms with van der Waals surface area (Å²) in [5, 5.41) is 0. The Morgan fingerprint density at radius 2 is 2.11 bits per heavy atom. The number of benzene rings is 1. The fraction of sp³-hybridized carbons (Fsp3) is 0.286. The van der Waals surface area contributed by atoms with E-state index in [-0.39, 0.29) is 5.91 Å². The summed E-state index contributed by atoms with van der Waals surface area (Å²) in [5.74, 6) is -0.00467. The molecule has 0 aliphatic carbocycles. The lowest BCUT2D eigenvalue weighted by Crippen LogP contribution is -2.29. The molecular weight excluding hydrogens is 278 g/mol. The van der Waals surface area contributed by atoms with Crippen LogP contribution in [0.15, 0.2) is 35.2 Å². The number of nitrogens with zero attached hydrogens (tertiary/aromatic N) is 1. The molecule has 0 spiro atoms. The van der Waals surface area contributed by atoms with Crippen LogP contribution in [-0.4, -0.2) is 35.4 Å². The summed E-state index contributed by atoms with van der Waals surface area (Å²) in [7, 11) is 1.65. The Balaban J connectivity index is 2.07. The maximum absolute atomic E-state index is 12.2. The van der Waals surface area contributed by atoms with Crippen molar-refractivity contribution in [3.63, 3.8) is 0 Å². The summed E-state index contributed by atoms with van der Waals surface area (Å²) >= 11 is 6.61. The fourth-order valence-electron chi connectivity index (χ4n) is 1.76. The molecule has 0 atom stereocenters. The van der Waals surface area contributed by atoms with Crippen molar-refractivity contribution < 1.29 is 9.53 Å². The summed E-state index contributed by atoms with van der Waals surface area (Å²) in [4.78, 5) is 14.6. The van der Waals surface area contributed by atoms with Gasteiger partial charge < -0.3 is 4.74 Å². The van der Waals surface area contributed by atoms with Crippen LogP contribution in [0.5, 0.6) is 0 Å². The van der Waals surface area contributed by atoms with Gasteiger partial charge in [-0.25, -0.2) is 0 Å². The number of carbonyl (C=O) groups excluding carboxylic acids is 1. The Labute approximate surface area is 122 Å². The molecule has 0 bridgehead atoms. The average Bonchev–Trinajstić information content (AvgIpc) is 2.68. The van der Waals surface area contributed by atoms with E-state index in [0.717, 1.165) is 12.0 Å². The Morgan fingerprint density at radius 3 is 2.79 bits per heavy atom. The number of rotatable bonds is 5. The average molecular weight is 293 g/mol. The van der Waals surface area contributed by atoms with E-state index in [1.54, 1.807) is 12.0 Å². The van der Waals surface area contributed by atoms with E-state index in [0.29, 0.717) is 22.4 Å². The molecule has 2 rings (SSSR count). The van der Waals surface area contributed by atoms with E-state index < -0.39 is 0 Å². The number of ether oxygens (including phenoxy) is 1. The summed E-state index contributed by atoms with van der Waals surface area (Å²) in [6.07, 6.45) is 2.68. The van der Waals surface area contributed by atoms with E-state index >= 15 is 0 Å². The SMILES string of the molecule is COCCCN1C(=O)C(=Cc2ccccc2)SC1=S. The van der Waals surface area contributed by atoms with Crippen LogP contribution < -0.4 is 0 Å². The molecule has 1 fully saturated rings. The lowest BCUT2D eigenvalue weighted by atomic mass is 10.2. The van der Waals surface area contributed by atoms with Crippen molar-refractivity contribution in [1.82, 2.24) is 4.90 Å². The Morgan fingerprint density at radius 1 is 1.37 bits per heavy atom. The van der Waals surface area contributed by atoms with Gasteiger partial charge in [0.15, 0.2) is 0 Å². The van der Waals surface area contributed by atoms with Crippen LogP contribution >= 0.6 is 24.0 Å². The molecule has 1 aliphatic heterocycles. The maximum Gasteiger partial charge on any atom is 0.266 e. The molecule has 5 heteroatoms. The van der Waals surface area contributed by atoms with Crippen LogP contribution in [0.25, 0.3) is 6.08 Å². The van der Waals surface area contributed by atoms with Crippen molar-refractivity contribution in [2.24, 2.45) is 0 Å². The number of thiocarbonyl (C=S) groups is 1. The first-order valence-electron chi connectivity index (χ1n) is 6.01. The van der Waals surface area contributed by atoms with Crippen molar-refractivity contribution in [2.45, 2.75) is 6.42 Å². The predicted octanol–water partition coefficient (Wildman–Crippen LogP) is 2.92. The van der Waals surface area contributed by atoms with Crippen molar-refractivity contribution >= 4 is 40.3 Å². The predicted molar refractivity (Wildman–Crippen MR) is 82.8 cm³/mol. The second-order valence-corrected chi connectivity index (χ2v) is 5.77. The lowest BCUT2D eigenvalue weighted by Gasteiger charge is -2.13. The van der Waals surface area contributed by atoms with Gasteiger partial charge in [-0.1, -0.05) is 54.3 Å². The number of carbonyl (C=O) groups is 1. The molecule has 19 heavy (non-hydrogen) atoms. The van der Waals surface area contributed by atoms with E-state index in [4.69, 9.17) is 17.0 Å². The Bertz CT molecular complexity index is 499. The van der Waals surface area contributed by atoms with Crippen LogP contribution in [0.2, 0.25) is 0 Å². The number of amides is 1. The van der Waals surface area contributed by atoms with Crippen molar-refractivity contribution in [3.05, 3.63) is 40.8 Å². The zero-order chi connectivity index (χ0) is 13.7. The van der Waals surface area contributed by atoms with E-state index in [1.807, 2.05) is 36.4 Å². The topological polar surface area (TPSA) is 29.5 Å². The van der Waals surface area contributed by atoms with Crippen LogP contribution in [-0.2, 0) is 9.53 Å². The second-order valence-electron chi connectivity index (χ2n) is 4.09. The third-order valence-electron chi connectivity index (χ3n) is 2.70. The number of methoxy groups -OCH3 is 1. The highest BCUT2D eigenvalue weighted by atomic mass is 32.2. The molecule has 100 valence electrons. The highest BCUT2D eigenvalue weighted by molar-refractivity contribution is 8.26. The van der Waals surface area contributed by atoms with Gasteiger partial charge in [-0.2, -0.15) is 0 Å². The highest BCUT2D eigenvalue weighted by Crippen LogP contribution is 2.32. The van der Waals surface area contributed by atoms with Gasteiger partial charge in [0.2, 0.25) is 0 Å². The molecular formula is C14H15NO2S2. The molecule has 1 heterocycles. The first-order chi connectivity index (χ1) is 9.22. The Hall–Kier alpha value is -1.17. The zero-order valence-corrected chi connectivity index (χ0v) is 12.3. The van der Waals surface area contributed by atoms with Crippen LogP contribution in [0, 0.1) is 0 Å². The van der Waals surface area contributed by atoms with Gasteiger partial charge in [-0.05, 0) is 18.1 Å². The van der Waals surface area contributed by atoms with Crippen LogP contribution in [0.4, 0.5) is 0 Å². The molecule has 0 radical (unpaired) electrons. The minimum atomic E-state index is -0.00467. The minimum absolute atomic E-state index is 0.00467. The number of hydrogen-bond donors (Lipinski definition) is 0. The Kier molecular flexibility index (Phi) is 5.13. The molecule has 0 unspecified atom stereocenters. The lowest BCUT2D eigenvalue weighted by molar-refractivity contribution is -0.122. The van der Waals surface area contributed by atoms with Crippen molar-refractivity contribution in [2.75, 3.05) is 20.3 Å². The summed E-state index contributed by atoms with van der Waals surface area (Å²) < 4.78 is 5.62. The summed E-state index contributed by atoms with van der Waals surface area (Å²) in [5.41, 5.74) is 1.01. The largest absolute Gasteiger partial charge is 0.385 e. The number of hydrogen-bond acceptors (Lipinski definition) is 4. The fourth-order valence-corrected chi connectivity index (χ4v) is 3.07. The first-order valence-corrected chi connectivity index (χ1v) is 7.24. The molecule has 0 aromatic heterocycles. The van der Waals surface area contributed by atoms with Gasteiger partial charge in [-0.3, -0.25) is 9.69 Å². The molecule has 1 saturated heterocycles. The van der Waals surface area contributed by atoms with Gasteiger partial charge >= 0.3 is 0 Å². The van der Waals surface area contributed by atoms with Gasteiger partial charge in [0.25, 0.3) is 5.91 Å². The first kappa shape index (κ1) is 14.2. The summed E-state index contributed by atoms with van der Waals surface area (Å²) in [6.45, 7) is 1.25. The second kappa shape index (κ2) is 6.84. The number of thioether (sulfide) groups is 1. The molecule has 1 aromatic rings.